The molecule has 1 aromatic carbocycles. The maximum Gasteiger partial charge on any atom is 0.241 e. The van der Waals surface area contributed by atoms with E-state index in [1.807, 2.05) is 0 Å². The lowest BCUT2D eigenvalue weighted by Gasteiger charge is -2.08. The molecular weight excluding hydrogens is 360 g/mol. The molecule has 1 aromatic heterocycles. The third kappa shape index (κ3) is 3.63. The van der Waals surface area contributed by atoms with Gasteiger partial charge in [0.15, 0.2) is 0 Å². The Bertz CT molecular complexity index is 736. The lowest BCUT2D eigenvalue weighted by Crippen LogP contribution is -2.23. The van der Waals surface area contributed by atoms with Gasteiger partial charge in [-0.05, 0) is 48.0 Å². The van der Waals surface area contributed by atoms with Crippen molar-refractivity contribution < 1.29 is 17.6 Å². The number of ether oxygens (including phenoxy) is 1. The van der Waals surface area contributed by atoms with Crippen LogP contribution in [0.1, 0.15) is 17.3 Å². The van der Waals surface area contributed by atoms with Crippen LogP contribution >= 0.6 is 15.9 Å². The topological polar surface area (TPSA) is 81.4 Å². The molecule has 0 fully saturated rings. The van der Waals surface area contributed by atoms with E-state index in [9.17, 15) is 8.42 Å². The van der Waals surface area contributed by atoms with Crippen LogP contribution < -0.4 is 9.46 Å². The number of benzene rings is 1. The van der Waals surface area contributed by atoms with Crippen LogP contribution in [0.25, 0.3) is 0 Å². The number of aryl methyl sites for hydroxylation is 2. The van der Waals surface area contributed by atoms with E-state index in [2.05, 4.69) is 25.6 Å². The number of aromatic nitrogens is 1. The van der Waals surface area contributed by atoms with Crippen LogP contribution in [0.4, 0.5) is 0 Å². The fourth-order valence-corrected chi connectivity index (χ4v) is 3.36. The molecule has 8 heteroatoms. The number of nitrogens with one attached hydrogen (secondary N) is 1. The molecule has 0 bridgehead atoms. The van der Waals surface area contributed by atoms with Gasteiger partial charge in [0.25, 0.3) is 0 Å². The fourth-order valence-electron chi connectivity index (χ4n) is 1.67. The third-order valence-corrected chi connectivity index (χ3v) is 4.94. The summed E-state index contributed by atoms with van der Waals surface area (Å²) in [5.41, 5.74) is 0.747. The van der Waals surface area contributed by atoms with Crippen molar-refractivity contribution in [3.05, 3.63) is 40.0 Å². The third-order valence-electron chi connectivity index (χ3n) is 2.92. The highest BCUT2D eigenvalue weighted by atomic mass is 79.9. The molecule has 0 aliphatic heterocycles. The second-order valence-corrected chi connectivity index (χ2v) is 6.99. The number of rotatable bonds is 5. The van der Waals surface area contributed by atoms with Crippen molar-refractivity contribution in [1.29, 1.82) is 0 Å². The molecule has 6 nitrogen and oxygen atoms in total. The van der Waals surface area contributed by atoms with E-state index in [1.54, 1.807) is 19.9 Å². The van der Waals surface area contributed by atoms with Gasteiger partial charge in [-0.1, -0.05) is 0 Å². The van der Waals surface area contributed by atoms with E-state index in [0.29, 0.717) is 21.9 Å². The quantitative estimate of drug-likeness (QED) is 0.869. The van der Waals surface area contributed by atoms with E-state index in [1.165, 1.54) is 19.2 Å². The van der Waals surface area contributed by atoms with Gasteiger partial charge in [0, 0.05) is 0 Å². The van der Waals surface area contributed by atoms with Crippen molar-refractivity contribution >= 4 is 26.0 Å². The van der Waals surface area contributed by atoms with Gasteiger partial charge in [-0.15, -0.1) is 0 Å². The summed E-state index contributed by atoms with van der Waals surface area (Å²) in [7, 11) is -2.13. The number of halogens is 1. The first kappa shape index (κ1) is 16.0. The SMILES string of the molecule is COc1ccc(S(=O)(=O)NCc2nc(C)c(C)o2)cc1Br. The molecule has 2 rings (SSSR count). The molecule has 0 saturated heterocycles. The molecule has 0 saturated carbocycles. The molecule has 21 heavy (non-hydrogen) atoms. The van der Waals surface area contributed by atoms with Gasteiger partial charge in [-0.2, -0.15) is 0 Å². The van der Waals surface area contributed by atoms with Crippen molar-refractivity contribution in [2.75, 3.05) is 7.11 Å². The van der Waals surface area contributed by atoms with Gasteiger partial charge in [-0.25, -0.2) is 18.1 Å². The monoisotopic (exact) mass is 374 g/mol. The van der Waals surface area contributed by atoms with Crippen molar-refractivity contribution in [2.24, 2.45) is 0 Å². The molecular formula is C13H15BrN2O4S. The van der Waals surface area contributed by atoms with Gasteiger partial charge in [0.1, 0.15) is 11.5 Å². The van der Waals surface area contributed by atoms with Gasteiger partial charge >= 0.3 is 0 Å². The summed E-state index contributed by atoms with van der Waals surface area (Å²) < 4.78 is 37.8. The summed E-state index contributed by atoms with van der Waals surface area (Å²) in [5.74, 6) is 1.57. The van der Waals surface area contributed by atoms with Crippen molar-refractivity contribution in [3.63, 3.8) is 0 Å². The lowest BCUT2D eigenvalue weighted by atomic mass is 10.3. The Hall–Kier alpha value is -1.38. The van der Waals surface area contributed by atoms with Crippen LogP contribution in [-0.2, 0) is 16.6 Å². The maximum atomic E-state index is 12.2. The van der Waals surface area contributed by atoms with Crippen LogP contribution in [0.15, 0.2) is 32.0 Å². The highest BCUT2D eigenvalue weighted by Gasteiger charge is 2.17. The first-order chi connectivity index (χ1) is 9.83. The summed E-state index contributed by atoms with van der Waals surface area (Å²) >= 11 is 3.26. The number of hydrogen-bond acceptors (Lipinski definition) is 5. The zero-order valence-corrected chi connectivity index (χ0v) is 14.2. The Morgan fingerprint density at radius 2 is 2.10 bits per heavy atom. The van der Waals surface area contributed by atoms with E-state index in [-0.39, 0.29) is 11.4 Å². The summed E-state index contributed by atoms with van der Waals surface area (Å²) in [6, 6.07) is 4.53. The van der Waals surface area contributed by atoms with Crippen LogP contribution in [0.2, 0.25) is 0 Å². The molecule has 0 radical (unpaired) electrons. The molecule has 114 valence electrons. The summed E-state index contributed by atoms with van der Waals surface area (Å²) in [6.07, 6.45) is 0. The fraction of sp³-hybridized carbons (Fsp3) is 0.308. The second kappa shape index (κ2) is 6.17. The minimum Gasteiger partial charge on any atom is -0.496 e. The normalized spacial score (nSPS) is 11.6. The molecule has 0 aliphatic carbocycles. The minimum atomic E-state index is -3.65. The highest BCUT2D eigenvalue weighted by Crippen LogP contribution is 2.27. The molecule has 1 N–H and O–H groups in total. The first-order valence-corrected chi connectivity index (χ1v) is 8.37. The summed E-state index contributed by atoms with van der Waals surface area (Å²) in [6.45, 7) is 3.58. The molecule has 0 unspecified atom stereocenters. The predicted octanol–water partition coefficient (Wildman–Crippen LogP) is 2.54. The van der Waals surface area contributed by atoms with Gasteiger partial charge in [0.05, 0.1) is 28.7 Å². The molecule has 0 atom stereocenters. The highest BCUT2D eigenvalue weighted by molar-refractivity contribution is 9.10. The van der Waals surface area contributed by atoms with Crippen LogP contribution in [0.3, 0.4) is 0 Å². The molecule has 0 amide bonds. The predicted molar refractivity (Wildman–Crippen MR) is 80.7 cm³/mol. The van der Waals surface area contributed by atoms with E-state index in [0.717, 1.165) is 5.69 Å². The number of methoxy groups -OCH3 is 1. The molecule has 1 heterocycles. The van der Waals surface area contributed by atoms with E-state index < -0.39 is 10.0 Å². The maximum absolute atomic E-state index is 12.2. The average Bonchev–Trinajstić information content (AvgIpc) is 2.76. The largest absolute Gasteiger partial charge is 0.496 e. The summed E-state index contributed by atoms with van der Waals surface area (Å²) in [5, 5.41) is 0. The Kier molecular flexibility index (Phi) is 4.70. The standard InChI is InChI=1S/C13H15BrN2O4S/c1-8-9(2)20-13(16-8)7-15-21(17,18)10-4-5-12(19-3)11(14)6-10/h4-6,15H,7H2,1-3H3. The number of hydrogen-bond donors (Lipinski definition) is 1. The Balaban J connectivity index is 2.16. The molecule has 2 aromatic rings. The van der Waals surface area contributed by atoms with Crippen molar-refractivity contribution in [3.8, 4) is 5.75 Å². The molecule has 0 spiro atoms. The van der Waals surface area contributed by atoms with Crippen LogP contribution in [-0.4, -0.2) is 20.5 Å². The van der Waals surface area contributed by atoms with E-state index >= 15 is 0 Å². The zero-order valence-electron chi connectivity index (χ0n) is 11.8. The van der Waals surface area contributed by atoms with Crippen molar-refractivity contribution in [2.45, 2.75) is 25.3 Å². The number of oxazole rings is 1. The van der Waals surface area contributed by atoms with E-state index in [4.69, 9.17) is 9.15 Å². The van der Waals surface area contributed by atoms with Crippen LogP contribution in [0, 0.1) is 13.8 Å². The Morgan fingerprint density at radius 1 is 1.38 bits per heavy atom. The molecule has 0 aliphatic rings. The average molecular weight is 375 g/mol. The van der Waals surface area contributed by atoms with Gasteiger partial charge in [-0.3, -0.25) is 0 Å². The van der Waals surface area contributed by atoms with Gasteiger partial charge in [0.2, 0.25) is 15.9 Å². The van der Waals surface area contributed by atoms with Gasteiger partial charge < -0.3 is 9.15 Å². The Labute approximate surface area is 131 Å². The zero-order chi connectivity index (χ0) is 15.6. The van der Waals surface area contributed by atoms with Crippen LogP contribution in [0.5, 0.6) is 5.75 Å². The Morgan fingerprint density at radius 3 is 2.62 bits per heavy atom. The first-order valence-electron chi connectivity index (χ1n) is 6.09. The number of nitrogens with zero attached hydrogens (tertiary/aromatic N) is 1. The smallest absolute Gasteiger partial charge is 0.241 e. The van der Waals surface area contributed by atoms with Crippen molar-refractivity contribution in [1.82, 2.24) is 9.71 Å². The summed E-state index contributed by atoms with van der Waals surface area (Å²) in [4.78, 5) is 4.26. The second-order valence-electron chi connectivity index (χ2n) is 4.37. The lowest BCUT2D eigenvalue weighted by molar-refractivity contribution is 0.411. The minimum absolute atomic E-state index is 0.000656. The number of sulfonamides is 1.